The summed E-state index contributed by atoms with van der Waals surface area (Å²) in [4.78, 5) is 1.73. The Labute approximate surface area is 90.0 Å². The summed E-state index contributed by atoms with van der Waals surface area (Å²) in [6.07, 6.45) is 0. The second-order valence-electron chi connectivity index (χ2n) is 3.33. The van der Waals surface area contributed by atoms with E-state index in [1.54, 1.807) is 19.1 Å². The third kappa shape index (κ3) is 2.33. The third-order valence-electron chi connectivity index (χ3n) is 2.33. The molecule has 0 bridgehead atoms. The van der Waals surface area contributed by atoms with Crippen LogP contribution in [-0.4, -0.2) is 33.1 Å². The van der Waals surface area contributed by atoms with Gasteiger partial charge >= 0.3 is 0 Å². The van der Waals surface area contributed by atoms with Crippen LogP contribution in [0.1, 0.15) is 5.56 Å². The van der Waals surface area contributed by atoms with Gasteiger partial charge in [0.05, 0.1) is 14.2 Å². The molecule has 1 aromatic rings. The van der Waals surface area contributed by atoms with Crippen LogP contribution in [0, 0.1) is 6.92 Å². The summed E-state index contributed by atoms with van der Waals surface area (Å²) < 4.78 is 10.4. The summed E-state index contributed by atoms with van der Waals surface area (Å²) in [7, 11) is 5.01. The monoisotopic (exact) mass is 211 g/mol. The molecule has 0 atom stereocenters. The average molecular weight is 211 g/mol. The molecule has 84 valence electrons. The van der Waals surface area contributed by atoms with Gasteiger partial charge in [-0.05, 0) is 18.6 Å². The molecule has 4 heteroatoms. The second-order valence-corrected chi connectivity index (χ2v) is 3.33. The average Bonchev–Trinajstić information content (AvgIpc) is 2.27. The van der Waals surface area contributed by atoms with Gasteiger partial charge in [0.25, 0.3) is 0 Å². The van der Waals surface area contributed by atoms with Crippen molar-refractivity contribution in [2.75, 3.05) is 32.9 Å². The Hall–Kier alpha value is -1.42. The molecule has 1 aromatic carbocycles. The van der Waals surface area contributed by atoms with Crippen molar-refractivity contribution in [3.8, 4) is 11.5 Å². The number of rotatable bonds is 4. The van der Waals surface area contributed by atoms with Gasteiger partial charge in [-0.1, -0.05) is 0 Å². The lowest BCUT2D eigenvalue weighted by Gasteiger charge is -2.20. The Morgan fingerprint density at radius 1 is 1.20 bits per heavy atom. The number of ether oxygens (including phenoxy) is 2. The van der Waals surface area contributed by atoms with E-state index in [-0.39, 0.29) is 6.73 Å². The summed E-state index contributed by atoms with van der Waals surface area (Å²) in [6, 6.07) is 3.74. The van der Waals surface area contributed by atoms with Crippen molar-refractivity contribution in [1.29, 1.82) is 0 Å². The van der Waals surface area contributed by atoms with E-state index in [0.717, 1.165) is 11.3 Å². The summed E-state index contributed by atoms with van der Waals surface area (Å²) >= 11 is 0. The number of aliphatic hydroxyl groups excluding tert-OH is 1. The molecule has 0 unspecified atom stereocenters. The van der Waals surface area contributed by atoms with Crippen LogP contribution in [-0.2, 0) is 0 Å². The fraction of sp³-hybridized carbons (Fsp3) is 0.455. The van der Waals surface area contributed by atoms with Crippen LogP contribution in [0.3, 0.4) is 0 Å². The van der Waals surface area contributed by atoms with E-state index in [0.29, 0.717) is 11.5 Å². The molecule has 0 radical (unpaired) electrons. The SMILES string of the molecule is COc1cc(C)c(N(C)CO)cc1OC. The van der Waals surface area contributed by atoms with E-state index < -0.39 is 0 Å². The molecule has 0 heterocycles. The van der Waals surface area contributed by atoms with E-state index in [9.17, 15) is 0 Å². The van der Waals surface area contributed by atoms with Gasteiger partial charge < -0.3 is 19.5 Å². The van der Waals surface area contributed by atoms with Gasteiger partial charge in [0, 0.05) is 18.8 Å². The molecule has 1 N–H and O–H groups in total. The maximum Gasteiger partial charge on any atom is 0.162 e. The number of nitrogens with zero attached hydrogens (tertiary/aromatic N) is 1. The van der Waals surface area contributed by atoms with E-state index in [1.807, 2.05) is 26.1 Å². The number of anilines is 1. The van der Waals surface area contributed by atoms with Gasteiger partial charge in [0.2, 0.25) is 0 Å². The number of hydrogen-bond donors (Lipinski definition) is 1. The highest BCUT2D eigenvalue weighted by Crippen LogP contribution is 2.34. The summed E-state index contributed by atoms with van der Waals surface area (Å²) in [5.41, 5.74) is 1.96. The zero-order chi connectivity index (χ0) is 11.4. The van der Waals surface area contributed by atoms with Crippen molar-refractivity contribution >= 4 is 5.69 Å². The Balaban J connectivity index is 3.19. The summed E-state index contributed by atoms with van der Waals surface area (Å²) in [5, 5.41) is 9.06. The lowest BCUT2D eigenvalue weighted by atomic mass is 10.1. The van der Waals surface area contributed by atoms with Crippen molar-refractivity contribution < 1.29 is 14.6 Å². The molecule has 15 heavy (non-hydrogen) atoms. The molecule has 0 aliphatic heterocycles. The van der Waals surface area contributed by atoms with Crippen molar-refractivity contribution in [3.63, 3.8) is 0 Å². The Kier molecular flexibility index (Phi) is 3.80. The molecule has 0 fully saturated rings. The minimum Gasteiger partial charge on any atom is -0.493 e. The maximum atomic E-state index is 9.06. The van der Waals surface area contributed by atoms with Crippen LogP contribution >= 0.6 is 0 Å². The first-order valence-electron chi connectivity index (χ1n) is 4.68. The molecule has 0 amide bonds. The van der Waals surface area contributed by atoms with Crippen molar-refractivity contribution in [2.45, 2.75) is 6.92 Å². The molecule has 0 spiro atoms. The zero-order valence-electron chi connectivity index (χ0n) is 9.57. The molecule has 0 saturated carbocycles. The molecule has 0 aliphatic rings. The number of methoxy groups -OCH3 is 2. The van der Waals surface area contributed by atoms with Crippen LogP contribution in [0.4, 0.5) is 5.69 Å². The largest absolute Gasteiger partial charge is 0.493 e. The Morgan fingerprint density at radius 3 is 2.20 bits per heavy atom. The van der Waals surface area contributed by atoms with E-state index in [4.69, 9.17) is 14.6 Å². The predicted molar refractivity (Wildman–Crippen MR) is 59.8 cm³/mol. The standard InChI is InChI=1S/C11H17NO3/c1-8-5-10(14-3)11(15-4)6-9(8)12(2)7-13/h5-6,13H,7H2,1-4H3. The quantitative estimate of drug-likeness (QED) is 0.764. The highest BCUT2D eigenvalue weighted by atomic mass is 16.5. The Bertz CT molecular complexity index is 339. The number of hydrogen-bond acceptors (Lipinski definition) is 4. The van der Waals surface area contributed by atoms with Crippen molar-refractivity contribution in [2.24, 2.45) is 0 Å². The smallest absolute Gasteiger partial charge is 0.162 e. The summed E-state index contributed by atoms with van der Waals surface area (Å²) in [5.74, 6) is 1.36. The molecular weight excluding hydrogens is 194 g/mol. The molecule has 0 aliphatic carbocycles. The van der Waals surface area contributed by atoms with E-state index in [2.05, 4.69) is 0 Å². The summed E-state index contributed by atoms with van der Waals surface area (Å²) in [6.45, 7) is 1.93. The lowest BCUT2D eigenvalue weighted by molar-refractivity contribution is 0.298. The highest BCUT2D eigenvalue weighted by Gasteiger charge is 2.10. The number of aliphatic hydroxyl groups is 1. The first-order chi connectivity index (χ1) is 7.13. The van der Waals surface area contributed by atoms with Crippen LogP contribution in [0.25, 0.3) is 0 Å². The highest BCUT2D eigenvalue weighted by molar-refractivity contribution is 5.61. The van der Waals surface area contributed by atoms with Crippen LogP contribution in [0.5, 0.6) is 11.5 Å². The number of aryl methyl sites for hydroxylation is 1. The van der Waals surface area contributed by atoms with Gasteiger partial charge in [-0.3, -0.25) is 0 Å². The predicted octanol–water partition coefficient (Wildman–Crippen LogP) is 1.40. The third-order valence-corrected chi connectivity index (χ3v) is 2.33. The van der Waals surface area contributed by atoms with Crippen LogP contribution in [0.15, 0.2) is 12.1 Å². The van der Waals surface area contributed by atoms with Crippen molar-refractivity contribution in [3.05, 3.63) is 17.7 Å². The Morgan fingerprint density at radius 2 is 1.73 bits per heavy atom. The molecule has 0 saturated heterocycles. The van der Waals surface area contributed by atoms with E-state index >= 15 is 0 Å². The van der Waals surface area contributed by atoms with E-state index in [1.165, 1.54) is 0 Å². The fourth-order valence-electron chi connectivity index (χ4n) is 1.46. The lowest BCUT2D eigenvalue weighted by Crippen LogP contribution is -2.18. The maximum absolute atomic E-state index is 9.06. The van der Waals surface area contributed by atoms with Crippen molar-refractivity contribution in [1.82, 2.24) is 0 Å². The van der Waals surface area contributed by atoms with Crippen LogP contribution in [0.2, 0.25) is 0 Å². The fourth-order valence-corrected chi connectivity index (χ4v) is 1.46. The minimum absolute atomic E-state index is 0.0314. The van der Waals surface area contributed by atoms with Gasteiger partial charge in [-0.2, -0.15) is 0 Å². The first kappa shape index (κ1) is 11.7. The van der Waals surface area contributed by atoms with Gasteiger partial charge in [0.1, 0.15) is 6.73 Å². The topological polar surface area (TPSA) is 41.9 Å². The van der Waals surface area contributed by atoms with Gasteiger partial charge in [0.15, 0.2) is 11.5 Å². The zero-order valence-corrected chi connectivity index (χ0v) is 9.57. The first-order valence-corrected chi connectivity index (χ1v) is 4.68. The van der Waals surface area contributed by atoms with Crippen LogP contribution < -0.4 is 14.4 Å². The number of benzene rings is 1. The molecule has 0 aromatic heterocycles. The van der Waals surface area contributed by atoms with Gasteiger partial charge in [-0.25, -0.2) is 0 Å². The second kappa shape index (κ2) is 4.89. The molecular formula is C11H17NO3. The minimum atomic E-state index is -0.0314. The molecule has 1 rings (SSSR count). The van der Waals surface area contributed by atoms with Gasteiger partial charge in [-0.15, -0.1) is 0 Å². The normalized spacial score (nSPS) is 9.93. The molecule has 4 nitrogen and oxygen atoms in total.